The van der Waals surface area contributed by atoms with Crippen molar-refractivity contribution in [3.8, 4) is 6.07 Å². The molecule has 0 aliphatic carbocycles. The molecular formula is C16H21FN2. The fourth-order valence-corrected chi connectivity index (χ4v) is 3.05. The Morgan fingerprint density at radius 1 is 1.37 bits per heavy atom. The van der Waals surface area contributed by atoms with Crippen molar-refractivity contribution < 1.29 is 4.39 Å². The van der Waals surface area contributed by atoms with Gasteiger partial charge in [-0.25, -0.2) is 4.39 Å². The first-order valence-corrected chi connectivity index (χ1v) is 6.94. The first-order valence-electron chi connectivity index (χ1n) is 6.94. The van der Waals surface area contributed by atoms with E-state index in [9.17, 15) is 4.39 Å². The molecule has 0 N–H and O–H groups in total. The van der Waals surface area contributed by atoms with Crippen molar-refractivity contribution >= 4 is 0 Å². The van der Waals surface area contributed by atoms with Gasteiger partial charge in [0.15, 0.2) is 0 Å². The molecule has 3 heteroatoms. The van der Waals surface area contributed by atoms with Gasteiger partial charge in [0, 0.05) is 24.7 Å². The predicted molar refractivity (Wildman–Crippen MR) is 73.9 cm³/mol. The maximum absolute atomic E-state index is 14.1. The number of nitrogens with zero attached hydrogens (tertiary/aromatic N) is 2. The summed E-state index contributed by atoms with van der Waals surface area (Å²) in [5.74, 6) is 0.919. The van der Waals surface area contributed by atoms with Gasteiger partial charge in [0.25, 0.3) is 0 Å². The Morgan fingerprint density at radius 3 is 2.79 bits per heavy atom. The van der Waals surface area contributed by atoms with Crippen molar-refractivity contribution in [2.75, 3.05) is 6.54 Å². The molecule has 3 atom stereocenters. The van der Waals surface area contributed by atoms with E-state index in [4.69, 9.17) is 5.26 Å². The smallest absolute Gasteiger partial charge is 0.145 e. The van der Waals surface area contributed by atoms with E-state index in [-0.39, 0.29) is 11.4 Å². The van der Waals surface area contributed by atoms with E-state index in [0.717, 1.165) is 6.54 Å². The molecule has 2 rings (SSSR count). The molecule has 0 bridgehead atoms. The van der Waals surface area contributed by atoms with Crippen molar-refractivity contribution in [3.05, 3.63) is 35.1 Å². The molecule has 1 aliphatic rings. The normalized spacial score (nSPS) is 28.1. The number of likely N-dealkylation sites (tertiary alicyclic amines) is 1. The summed E-state index contributed by atoms with van der Waals surface area (Å²) in [6.45, 7) is 8.31. The topological polar surface area (TPSA) is 27.0 Å². The lowest BCUT2D eigenvalue weighted by molar-refractivity contribution is 0.0720. The van der Waals surface area contributed by atoms with Crippen molar-refractivity contribution in [1.82, 2.24) is 4.90 Å². The van der Waals surface area contributed by atoms with E-state index >= 15 is 0 Å². The standard InChI is InChI=1S/C16H21FN2/c1-11-7-12(2)13(3)19(9-11)10-15-6-4-5-14(8-18)16(15)17/h4-6,11-13H,7,9-10H2,1-3H3. The summed E-state index contributed by atoms with van der Waals surface area (Å²) in [5.41, 5.74) is 0.774. The summed E-state index contributed by atoms with van der Waals surface area (Å²) in [5, 5.41) is 8.88. The third kappa shape index (κ3) is 2.96. The van der Waals surface area contributed by atoms with E-state index < -0.39 is 0 Å². The lowest BCUT2D eigenvalue weighted by Gasteiger charge is -2.41. The molecule has 1 aromatic carbocycles. The van der Waals surface area contributed by atoms with Gasteiger partial charge >= 0.3 is 0 Å². The summed E-state index contributed by atoms with van der Waals surface area (Å²) in [7, 11) is 0. The van der Waals surface area contributed by atoms with Crippen LogP contribution in [0.3, 0.4) is 0 Å². The first-order chi connectivity index (χ1) is 9.02. The average Bonchev–Trinajstić information content (AvgIpc) is 2.37. The summed E-state index contributed by atoms with van der Waals surface area (Å²) < 4.78 is 14.1. The highest BCUT2D eigenvalue weighted by atomic mass is 19.1. The molecule has 0 amide bonds. The van der Waals surface area contributed by atoms with Crippen LogP contribution in [-0.2, 0) is 6.54 Å². The van der Waals surface area contributed by atoms with Gasteiger partial charge in [-0.1, -0.05) is 26.0 Å². The number of nitriles is 1. The van der Waals surface area contributed by atoms with E-state index in [0.29, 0.717) is 30.0 Å². The van der Waals surface area contributed by atoms with E-state index in [1.165, 1.54) is 12.5 Å². The van der Waals surface area contributed by atoms with E-state index in [1.54, 1.807) is 12.1 Å². The second-order valence-electron chi connectivity index (χ2n) is 5.88. The second kappa shape index (κ2) is 5.71. The minimum absolute atomic E-state index is 0.142. The minimum Gasteiger partial charge on any atom is -0.296 e. The molecule has 1 aromatic rings. The van der Waals surface area contributed by atoms with E-state index in [1.807, 2.05) is 6.07 Å². The Kier molecular flexibility index (Phi) is 4.21. The van der Waals surface area contributed by atoms with Crippen molar-refractivity contribution in [2.24, 2.45) is 11.8 Å². The molecule has 0 spiro atoms. The van der Waals surface area contributed by atoms with Gasteiger partial charge in [-0.3, -0.25) is 4.90 Å². The predicted octanol–water partition coefficient (Wildman–Crippen LogP) is 3.56. The highest BCUT2D eigenvalue weighted by Gasteiger charge is 2.29. The Hall–Kier alpha value is -1.40. The van der Waals surface area contributed by atoms with Crippen LogP contribution in [0.4, 0.5) is 4.39 Å². The molecule has 19 heavy (non-hydrogen) atoms. The zero-order valence-electron chi connectivity index (χ0n) is 11.9. The quantitative estimate of drug-likeness (QED) is 0.813. The van der Waals surface area contributed by atoms with Crippen LogP contribution < -0.4 is 0 Å². The number of hydrogen-bond acceptors (Lipinski definition) is 2. The van der Waals surface area contributed by atoms with Crippen LogP contribution in [0.15, 0.2) is 18.2 Å². The van der Waals surface area contributed by atoms with Gasteiger partial charge in [0.05, 0.1) is 5.56 Å². The minimum atomic E-state index is -0.358. The number of hydrogen-bond donors (Lipinski definition) is 0. The zero-order chi connectivity index (χ0) is 14.0. The molecular weight excluding hydrogens is 239 g/mol. The summed E-state index contributed by atoms with van der Waals surface area (Å²) >= 11 is 0. The molecule has 0 aromatic heterocycles. The third-order valence-electron chi connectivity index (χ3n) is 4.29. The highest BCUT2D eigenvalue weighted by molar-refractivity contribution is 5.34. The van der Waals surface area contributed by atoms with Gasteiger partial charge in [0.1, 0.15) is 11.9 Å². The molecule has 3 unspecified atom stereocenters. The largest absolute Gasteiger partial charge is 0.296 e. The summed E-state index contributed by atoms with van der Waals surface area (Å²) in [4.78, 5) is 2.33. The van der Waals surface area contributed by atoms with Gasteiger partial charge in [0.2, 0.25) is 0 Å². The number of benzene rings is 1. The first kappa shape index (κ1) is 14.0. The van der Waals surface area contributed by atoms with E-state index in [2.05, 4.69) is 25.7 Å². The molecule has 102 valence electrons. The molecule has 0 radical (unpaired) electrons. The molecule has 1 fully saturated rings. The third-order valence-corrected chi connectivity index (χ3v) is 4.29. The fourth-order valence-electron chi connectivity index (χ4n) is 3.05. The molecule has 1 saturated heterocycles. The zero-order valence-corrected chi connectivity index (χ0v) is 11.9. The van der Waals surface area contributed by atoms with Gasteiger partial charge < -0.3 is 0 Å². The Morgan fingerprint density at radius 2 is 2.11 bits per heavy atom. The maximum Gasteiger partial charge on any atom is 0.145 e. The Balaban J connectivity index is 2.19. The van der Waals surface area contributed by atoms with Crippen molar-refractivity contribution in [2.45, 2.75) is 39.8 Å². The van der Waals surface area contributed by atoms with Crippen LogP contribution in [0, 0.1) is 29.0 Å². The van der Waals surface area contributed by atoms with Gasteiger partial charge in [-0.2, -0.15) is 5.26 Å². The number of rotatable bonds is 2. The number of piperidine rings is 1. The van der Waals surface area contributed by atoms with Gasteiger partial charge in [-0.05, 0) is 31.2 Å². The summed E-state index contributed by atoms with van der Waals surface area (Å²) in [6.07, 6.45) is 1.23. The maximum atomic E-state index is 14.1. The SMILES string of the molecule is CC1CC(C)C(C)N(Cc2cccc(C#N)c2F)C1. The average molecular weight is 260 g/mol. The lowest BCUT2D eigenvalue weighted by Crippen LogP contribution is -2.45. The van der Waals surface area contributed by atoms with Gasteiger partial charge in [-0.15, -0.1) is 0 Å². The Labute approximate surface area is 114 Å². The fraction of sp³-hybridized carbons (Fsp3) is 0.562. The van der Waals surface area contributed by atoms with Crippen molar-refractivity contribution in [3.63, 3.8) is 0 Å². The molecule has 0 saturated carbocycles. The van der Waals surface area contributed by atoms with Crippen LogP contribution >= 0.6 is 0 Å². The highest BCUT2D eigenvalue weighted by Crippen LogP contribution is 2.28. The van der Waals surface area contributed by atoms with Crippen LogP contribution in [0.1, 0.15) is 38.3 Å². The van der Waals surface area contributed by atoms with Crippen LogP contribution in [0.25, 0.3) is 0 Å². The molecule has 2 nitrogen and oxygen atoms in total. The van der Waals surface area contributed by atoms with Crippen LogP contribution in [-0.4, -0.2) is 17.5 Å². The van der Waals surface area contributed by atoms with Crippen molar-refractivity contribution in [1.29, 1.82) is 5.26 Å². The number of halogens is 1. The summed E-state index contributed by atoms with van der Waals surface area (Å²) in [6, 6.07) is 7.45. The Bertz CT molecular complexity index is 492. The molecule has 1 aliphatic heterocycles. The van der Waals surface area contributed by atoms with Crippen LogP contribution in [0.2, 0.25) is 0 Å². The molecule has 1 heterocycles. The second-order valence-corrected chi connectivity index (χ2v) is 5.88. The monoisotopic (exact) mass is 260 g/mol. The lowest BCUT2D eigenvalue weighted by atomic mass is 9.85. The van der Waals surface area contributed by atoms with Crippen LogP contribution in [0.5, 0.6) is 0 Å².